The first-order valence-electron chi connectivity index (χ1n) is 8.23. The standard InChI is InChI=1S/C17H20N4O4/c1-10-8-12(5-6-15(22)23)20-16(18-10)14-4-3-7-21(14)17(24)13-9-25-11(2)19-13/h8-9,14H,3-7H2,1-2H3,(H,22,23). The Morgan fingerprint density at radius 2 is 2.12 bits per heavy atom. The minimum atomic E-state index is -0.864. The summed E-state index contributed by atoms with van der Waals surface area (Å²) < 4.78 is 5.13. The second kappa shape index (κ2) is 7.00. The predicted octanol–water partition coefficient (Wildman–Crippen LogP) is 2.08. The monoisotopic (exact) mass is 344 g/mol. The zero-order chi connectivity index (χ0) is 18.0. The van der Waals surface area contributed by atoms with Crippen LogP contribution in [0.4, 0.5) is 0 Å². The molecule has 0 aromatic carbocycles. The molecule has 0 saturated carbocycles. The number of rotatable bonds is 5. The summed E-state index contributed by atoms with van der Waals surface area (Å²) in [5, 5.41) is 8.86. The first kappa shape index (κ1) is 17.1. The molecule has 0 spiro atoms. The van der Waals surface area contributed by atoms with Gasteiger partial charge in [-0.25, -0.2) is 15.0 Å². The number of hydrogen-bond donors (Lipinski definition) is 1. The van der Waals surface area contributed by atoms with Gasteiger partial charge in [-0.2, -0.15) is 0 Å². The van der Waals surface area contributed by atoms with Crippen LogP contribution in [0.2, 0.25) is 0 Å². The Kier molecular flexibility index (Phi) is 4.78. The van der Waals surface area contributed by atoms with E-state index in [2.05, 4.69) is 15.0 Å². The normalized spacial score (nSPS) is 17.0. The van der Waals surface area contributed by atoms with Gasteiger partial charge < -0.3 is 14.4 Å². The molecule has 8 heteroatoms. The Hall–Kier alpha value is -2.77. The lowest BCUT2D eigenvalue weighted by molar-refractivity contribution is -0.136. The zero-order valence-corrected chi connectivity index (χ0v) is 14.2. The van der Waals surface area contributed by atoms with E-state index in [4.69, 9.17) is 9.52 Å². The molecule has 3 heterocycles. The van der Waals surface area contributed by atoms with Crippen molar-refractivity contribution in [2.45, 2.75) is 45.6 Å². The molecular formula is C17H20N4O4. The van der Waals surface area contributed by atoms with Crippen molar-refractivity contribution in [3.63, 3.8) is 0 Å². The lowest BCUT2D eigenvalue weighted by Crippen LogP contribution is -2.32. The maximum Gasteiger partial charge on any atom is 0.303 e. The maximum absolute atomic E-state index is 12.7. The number of nitrogens with zero attached hydrogens (tertiary/aromatic N) is 4. The summed E-state index contributed by atoms with van der Waals surface area (Å²) in [4.78, 5) is 38.3. The molecule has 1 saturated heterocycles. The van der Waals surface area contributed by atoms with E-state index in [9.17, 15) is 9.59 Å². The van der Waals surface area contributed by atoms with Crippen LogP contribution in [0.25, 0.3) is 0 Å². The van der Waals surface area contributed by atoms with E-state index in [-0.39, 0.29) is 24.1 Å². The van der Waals surface area contributed by atoms with Gasteiger partial charge in [-0.1, -0.05) is 0 Å². The van der Waals surface area contributed by atoms with Gasteiger partial charge in [0.25, 0.3) is 5.91 Å². The number of carbonyl (C=O) groups excluding carboxylic acids is 1. The van der Waals surface area contributed by atoms with Crippen molar-refractivity contribution in [1.82, 2.24) is 19.9 Å². The van der Waals surface area contributed by atoms with Gasteiger partial charge in [-0.05, 0) is 25.8 Å². The Morgan fingerprint density at radius 1 is 1.32 bits per heavy atom. The molecule has 3 rings (SSSR count). The summed E-state index contributed by atoms with van der Waals surface area (Å²) in [6.45, 7) is 4.14. The molecule has 8 nitrogen and oxygen atoms in total. The van der Waals surface area contributed by atoms with Crippen LogP contribution in [-0.4, -0.2) is 43.4 Å². The maximum atomic E-state index is 12.7. The molecule has 0 aliphatic carbocycles. The third kappa shape index (κ3) is 3.84. The molecule has 25 heavy (non-hydrogen) atoms. The summed E-state index contributed by atoms with van der Waals surface area (Å²) in [6, 6.07) is 1.56. The number of carboxylic acid groups (broad SMARTS) is 1. The van der Waals surface area contributed by atoms with E-state index in [0.29, 0.717) is 30.4 Å². The summed E-state index contributed by atoms with van der Waals surface area (Å²) in [5.41, 5.74) is 1.73. The number of oxazole rings is 1. The number of aromatic nitrogens is 3. The molecule has 132 valence electrons. The fourth-order valence-electron chi connectivity index (χ4n) is 3.06. The highest BCUT2D eigenvalue weighted by molar-refractivity contribution is 5.92. The van der Waals surface area contributed by atoms with Gasteiger partial charge in [0, 0.05) is 31.3 Å². The van der Waals surface area contributed by atoms with Crippen molar-refractivity contribution in [3.8, 4) is 0 Å². The quantitative estimate of drug-likeness (QED) is 0.884. The second-order valence-corrected chi connectivity index (χ2v) is 6.16. The molecule has 0 radical (unpaired) electrons. The van der Waals surface area contributed by atoms with Crippen molar-refractivity contribution in [2.75, 3.05) is 6.54 Å². The Balaban J connectivity index is 1.84. The number of carboxylic acids is 1. The smallest absolute Gasteiger partial charge is 0.303 e. The highest BCUT2D eigenvalue weighted by Gasteiger charge is 2.34. The number of carbonyl (C=O) groups is 2. The zero-order valence-electron chi connectivity index (χ0n) is 14.2. The van der Waals surface area contributed by atoms with Crippen molar-refractivity contribution in [2.24, 2.45) is 0 Å². The summed E-state index contributed by atoms with van der Waals surface area (Å²) >= 11 is 0. The van der Waals surface area contributed by atoms with Crippen molar-refractivity contribution in [1.29, 1.82) is 0 Å². The van der Waals surface area contributed by atoms with Gasteiger partial charge in [0.1, 0.15) is 6.26 Å². The van der Waals surface area contributed by atoms with Crippen LogP contribution in [0.15, 0.2) is 16.7 Å². The molecule has 0 bridgehead atoms. The SMILES string of the molecule is Cc1cc(CCC(=O)O)nc(C2CCCN2C(=O)c2coc(C)n2)n1. The van der Waals surface area contributed by atoms with Crippen LogP contribution in [0.1, 0.15) is 58.9 Å². The van der Waals surface area contributed by atoms with Gasteiger partial charge in [-0.3, -0.25) is 9.59 Å². The molecule has 1 fully saturated rings. The number of aliphatic carboxylic acids is 1. The lowest BCUT2D eigenvalue weighted by Gasteiger charge is -2.23. The van der Waals surface area contributed by atoms with E-state index in [1.165, 1.54) is 6.26 Å². The van der Waals surface area contributed by atoms with Gasteiger partial charge in [0.05, 0.1) is 12.5 Å². The van der Waals surface area contributed by atoms with Crippen LogP contribution in [0.5, 0.6) is 0 Å². The molecule has 1 amide bonds. The van der Waals surface area contributed by atoms with Crippen molar-refractivity contribution in [3.05, 3.63) is 41.1 Å². The molecule has 2 aromatic heterocycles. The molecular weight excluding hydrogens is 324 g/mol. The van der Waals surface area contributed by atoms with Gasteiger partial charge in [0.2, 0.25) is 0 Å². The predicted molar refractivity (Wildman–Crippen MR) is 87.0 cm³/mol. The van der Waals surface area contributed by atoms with Crippen molar-refractivity contribution >= 4 is 11.9 Å². The summed E-state index contributed by atoms with van der Waals surface area (Å²) in [6.07, 6.45) is 3.35. The van der Waals surface area contributed by atoms with Crippen LogP contribution in [-0.2, 0) is 11.2 Å². The third-order valence-electron chi connectivity index (χ3n) is 4.17. The second-order valence-electron chi connectivity index (χ2n) is 6.16. The van der Waals surface area contributed by atoms with Gasteiger partial charge >= 0.3 is 5.97 Å². The minimum Gasteiger partial charge on any atom is -0.481 e. The highest BCUT2D eigenvalue weighted by atomic mass is 16.4. The molecule has 1 atom stereocenters. The molecule has 1 unspecified atom stereocenters. The number of aryl methyl sites for hydroxylation is 3. The minimum absolute atomic E-state index is 0.0153. The largest absolute Gasteiger partial charge is 0.481 e. The average molecular weight is 344 g/mol. The van der Waals surface area contributed by atoms with E-state index >= 15 is 0 Å². The third-order valence-corrected chi connectivity index (χ3v) is 4.17. The fraction of sp³-hybridized carbons (Fsp3) is 0.471. The molecule has 1 aliphatic rings. The fourth-order valence-corrected chi connectivity index (χ4v) is 3.06. The topological polar surface area (TPSA) is 109 Å². The molecule has 1 N–H and O–H groups in total. The lowest BCUT2D eigenvalue weighted by atomic mass is 10.1. The number of hydrogen-bond acceptors (Lipinski definition) is 6. The number of likely N-dealkylation sites (tertiary alicyclic amines) is 1. The first-order valence-corrected chi connectivity index (χ1v) is 8.23. The van der Waals surface area contributed by atoms with Crippen LogP contribution in [0.3, 0.4) is 0 Å². The van der Waals surface area contributed by atoms with E-state index in [1.54, 1.807) is 17.9 Å². The first-order chi connectivity index (χ1) is 11.9. The Labute approximate surface area is 144 Å². The van der Waals surface area contributed by atoms with Crippen molar-refractivity contribution < 1.29 is 19.1 Å². The van der Waals surface area contributed by atoms with E-state index < -0.39 is 5.97 Å². The number of amides is 1. The Bertz CT molecular complexity index is 802. The summed E-state index contributed by atoms with van der Waals surface area (Å²) in [7, 11) is 0. The average Bonchev–Trinajstić information content (AvgIpc) is 3.20. The van der Waals surface area contributed by atoms with E-state index in [1.807, 2.05) is 6.92 Å². The van der Waals surface area contributed by atoms with Gasteiger partial charge in [0.15, 0.2) is 17.4 Å². The van der Waals surface area contributed by atoms with Gasteiger partial charge in [-0.15, -0.1) is 0 Å². The molecule has 2 aromatic rings. The van der Waals surface area contributed by atoms with Crippen LogP contribution < -0.4 is 0 Å². The van der Waals surface area contributed by atoms with E-state index in [0.717, 1.165) is 18.5 Å². The summed E-state index contributed by atoms with van der Waals surface area (Å²) in [5.74, 6) is -0.0539. The Morgan fingerprint density at radius 3 is 2.80 bits per heavy atom. The van der Waals surface area contributed by atoms with Crippen LogP contribution >= 0.6 is 0 Å². The highest BCUT2D eigenvalue weighted by Crippen LogP contribution is 2.31. The van der Waals surface area contributed by atoms with Crippen LogP contribution in [0, 0.1) is 13.8 Å². The molecule has 1 aliphatic heterocycles.